The second-order valence-electron chi connectivity index (χ2n) is 5.24. The van der Waals surface area contributed by atoms with Crippen molar-refractivity contribution in [2.75, 3.05) is 18.5 Å². The van der Waals surface area contributed by atoms with Gasteiger partial charge >= 0.3 is 0 Å². The Morgan fingerprint density at radius 1 is 0.870 bits per heavy atom. The van der Waals surface area contributed by atoms with Crippen molar-refractivity contribution in [3.63, 3.8) is 0 Å². The molecule has 1 aliphatic rings. The van der Waals surface area contributed by atoms with Crippen molar-refractivity contribution in [2.24, 2.45) is 0 Å². The molecule has 0 amide bonds. The van der Waals surface area contributed by atoms with Crippen LogP contribution in [0.2, 0.25) is 0 Å². The van der Waals surface area contributed by atoms with Gasteiger partial charge in [0, 0.05) is 24.4 Å². The van der Waals surface area contributed by atoms with Gasteiger partial charge in [-0.15, -0.1) is 0 Å². The summed E-state index contributed by atoms with van der Waals surface area (Å²) in [7, 11) is 0. The Morgan fingerprint density at radius 2 is 1.61 bits per heavy atom. The predicted molar refractivity (Wildman–Crippen MR) is 83.3 cm³/mol. The summed E-state index contributed by atoms with van der Waals surface area (Å²) < 4.78 is 0. The van der Waals surface area contributed by atoms with Crippen molar-refractivity contribution in [3.8, 4) is 11.5 Å². The molecule has 0 saturated carbocycles. The second kappa shape index (κ2) is 5.73. The molecule has 0 unspecified atom stereocenters. The van der Waals surface area contributed by atoms with Gasteiger partial charge in [0.2, 0.25) is 0 Å². The van der Waals surface area contributed by atoms with Crippen molar-refractivity contribution >= 4 is 17.3 Å². The molecule has 0 aliphatic heterocycles. The first-order valence-corrected chi connectivity index (χ1v) is 7.18. The number of phenolic OH excluding ortho intramolecular Hbond substituents is 2. The van der Waals surface area contributed by atoms with Crippen molar-refractivity contribution in [1.82, 2.24) is 0 Å². The molecule has 2 aromatic rings. The molecule has 3 rings (SSSR count). The predicted octanol–water partition coefficient (Wildman–Crippen LogP) is 1.67. The molecule has 0 saturated heterocycles. The summed E-state index contributed by atoms with van der Waals surface area (Å²) in [6, 6.07) is 7.12. The smallest absolute Gasteiger partial charge is 0.200 e. The zero-order valence-corrected chi connectivity index (χ0v) is 12.2. The minimum absolute atomic E-state index is 0.0101. The Balaban J connectivity index is 2.18. The SMILES string of the molecule is O=C1c2cccc(O)c2C(=O)c2c(NCCCO)ccc(O)c21. The van der Waals surface area contributed by atoms with E-state index >= 15 is 0 Å². The number of ketones is 2. The number of rotatable bonds is 4. The van der Waals surface area contributed by atoms with Crippen LogP contribution >= 0.6 is 0 Å². The number of carbonyl (C=O) groups excluding carboxylic acids is 2. The highest BCUT2D eigenvalue weighted by atomic mass is 16.3. The van der Waals surface area contributed by atoms with Gasteiger partial charge in [-0.1, -0.05) is 12.1 Å². The van der Waals surface area contributed by atoms with E-state index < -0.39 is 11.6 Å². The normalized spacial score (nSPS) is 12.7. The van der Waals surface area contributed by atoms with Crippen molar-refractivity contribution in [3.05, 3.63) is 52.6 Å². The number of aromatic hydroxyl groups is 2. The lowest BCUT2D eigenvalue weighted by Gasteiger charge is -2.22. The maximum absolute atomic E-state index is 12.8. The van der Waals surface area contributed by atoms with Crippen LogP contribution in [0.3, 0.4) is 0 Å². The summed E-state index contributed by atoms with van der Waals surface area (Å²) in [5, 5.41) is 31.8. The molecular weight excluding hydrogens is 298 g/mol. The molecule has 0 spiro atoms. The molecular formula is C17H15NO5. The van der Waals surface area contributed by atoms with E-state index in [1.807, 2.05) is 0 Å². The zero-order chi connectivity index (χ0) is 16.6. The number of aliphatic hydroxyl groups excluding tert-OH is 1. The number of hydrogen-bond donors (Lipinski definition) is 4. The van der Waals surface area contributed by atoms with Crippen LogP contribution in [0.25, 0.3) is 0 Å². The Labute approximate surface area is 132 Å². The van der Waals surface area contributed by atoms with Crippen LogP contribution < -0.4 is 5.32 Å². The molecule has 0 aromatic heterocycles. The number of fused-ring (bicyclic) bond motifs is 2. The lowest BCUT2D eigenvalue weighted by molar-refractivity contribution is 0.0975. The molecule has 6 heteroatoms. The number of aliphatic hydroxyl groups is 1. The fourth-order valence-electron chi connectivity index (χ4n) is 2.73. The van der Waals surface area contributed by atoms with Crippen molar-refractivity contribution in [2.45, 2.75) is 6.42 Å². The van der Waals surface area contributed by atoms with Crippen LogP contribution in [0.1, 0.15) is 38.3 Å². The summed E-state index contributed by atoms with van der Waals surface area (Å²) in [4.78, 5) is 25.4. The van der Waals surface area contributed by atoms with Crippen molar-refractivity contribution < 1.29 is 24.9 Å². The average molecular weight is 313 g/mol. The van der Waals surface area contributed by atoms with Crippen LogP contribution in [0.15, 0.2) is 30.3 Å². The van der Waals surface area contributed by atoms with Gasteiger partial charge in [0.25, 0.3) is 0 Å². The zero-order valence-electron chi connectivity index (χ0n) is 12.2. The van der Waals surface area contributed by atoms with Gasteiger partial charge in [0.1, 0.15) is 11.5 Å². The van der Waals surface area contributed by atoms with E-state index in [0.717, 1.165) is 0 Å². The summed E-state index contributed by atoms with van der Waals surface area (Å²) in [6.45, 7) is 0.395. The molecule has 4 N–H and O–H groups in total. The average Bonchev–Trinajstić information content (AvgIpc) is 2.53. The minimum Gasteiger partial charge on any atom is -0.507 e. The molecule has 1 aliphatic carbocycles. The molecule has 6 nitrogen and oxygen atoms in total. The monoisotopic (exact) mass is 313 g/mol. The first-order valence-electron chi connectivity index (χ1n) is 7.18. The standard InChI is InChI=1S/C17H15NO5/c19-8-2-7-18-10-5-6-12(21)15-14(10)17(23)13-9(16(15)22)3-1-4-11(13)20/h1,3-6,18-21H,2,7-8H2. The van der Waals surface area contributed by atoms with E-state index in [-0.39, 0.29) is 40.4 Å². The van der Waals surface area contributed by atoms with Crippen LogP contribution in [-0.2, 0) is 0 Å². The number of phenols is 2. The lowest BCUT2D eigenvalue weighted by Crippen LogP contribution is -2.23. The Morgan fingerprint density at radius 3 is 2.35 bits per heavy atom. The third kappa shape index (κ3) is 2.33. The van der Waals surface area contributed by atoms with Gasteiger partial charge in [0.15, 0.2) is 11.6 Å². The van der Waals surface area contributed by atoms with E-state index in [1.165, 1.54) is 30.3 Å². The number of benzene rings is 2. The Bertz CT molecular complexity index is 813. The number of hydrogen-bond acceptors (Lipinski definition) is 6. The van der Waals surface area contributed by atoms with Crippen LogP contribution in [-0.4, -0.2) is 40.0 Å². The first-order chi connectivity index (χ1) is 11.1. The third-order valence-corrected chi connectivity index (χ3v) is 3.80. The van der Waals surface area contributed by atoms with Gasteiger partial charge in [-0.3, -0.25) is 9.59 Å². The molecule has 0 fully saturated rings. The minimum atomic E-state index is -0.518. The topological polar surface area (TPSA) is 107 Å². The van der Waals surface area contributed by atoms with Crippen LogP contribution in [0.5, 0.6) is 11.5 Å². The van der Waals surface area contributed by atoms with E-state index in [0.29, 0.717) is 18.7 Å². The third-order valence-electron chi connectivity index (χ3n) is 3.80. The fourth-order valence-corrected chi connectivity index (χ4v) is 2.73. The van der Waals surface area contributed by atoms with Gasteiger partial charge in [-0.05, 0) is 24.6 Å². The quantitative estimate of drug-likeness (QED) is 0.431. The Hall–Kier alpha value is -2.86. The molecule has 0 bridgehead atoms. The largest absolute Gasteiger partial charge is 0.507 e. The van der Waals surface area contributed by atoms with Gasteiger partial charge in [-0.2, -0.15) is 0 Å². The van der Waals surface area contributed by atoms with E-state index in [1.54, 1.807) is 0 Å². The maximum Gasteiger partial charge on any atom is 0.200 e. The second-order valence-corrected chi connectivity index (χ2v) is 5.24. The van der Waals surface area contributed by atoms with E-state index in [2.05, 4.69) is 5.32 Å². The number of nitrogens with one attached hydrogen (secondary N) is 1. The summed E-state index contributed by atoms with van der Waals surface area (Å²) in [6.07, 6.45) is 0.472. The molecule has 0 atom stereocenters. The molecule has 23 heavy (non-hydrogen) atoms. The molecule has 2 aromatic carbocycles. The van der Waals surface area contributed by atoms with E-state index in [9.17, 15) is 19.8 Å². The molecule has 0 heterocycles. The van der Waals surface area contributed by atoms with Gasteiger partial charge < -0.3 is 20.6 Å². The van der Waals surface area contributed by atoms with Crippen molar-refractivity contribution in [1.29, 1.82) is 0 Å². The number of anilines is 1. The first kappa shape index (κ1) is 15.1. The highest BCUT2D eigenvalue weighted by Crippen LogP contribution is 2.39. The fraction of sp³-hybridized carbons (Fsp3) is 0.176. The summed E-state index contributed by atoms with van der Waals surface area (Å²) in [5.41, 5.74) is 0.383. The van der Waals surface area contributed by atoms with Crippen LogP contribution in [0.4, 0.5) is 5.69 Å². The summed E-state index contributed by atoms with van der Waals surface area (Å²) >= 11 is 0. The lowest BCUT2D eigenvalue weighted by atomic mass is 9.82. The van der Waals surface area contributed by atoms with Gasteiger partial charge in [-0.25, -0.2) is 0 Å². The Kier molecular flexibility index (Phi) is 3.75. The highest BCUT2D eigenvalue weighted by molar-refractivity contribution is 6.31. The van der Waals surface area contributed by atoms with Gasteiger partial charge in [0.05, 0.1) is 16.7 Å². The maximum atomic E-state index is 12.8. The van der Waals surface area contributed by atoms with E-state index in [4.69, 9.17) is 5.11 Å². The molecule has 118 valence electrons. The van der Waals surface area contributed by atoms with Crippen LogP contribution in [0, 0.1) is 0 Å². The number of carbonyl (C=O) groups is 2. The molecule has 0 radical (unpaired) electrons. The highest BCUT2D eigenvalue weighted by Gasteiger charge is 2.35. The summed E-state index contributed by atoms with van der Waals surface area (Å²) in [5.74, 6) is -1.57.